The molecule has 1 aromatic heterocycles. The van der Waals surface area contributed by atoms with Gasteiger partial charge in [-0.15, -0.1) is 0 Å². The van der Waals surface area contributed by atoms with E-state index < -0.39 is 10.0 Å². The molecule has 0 saturated heterocycles. The first kappa shape index (κ1) is 17.8. The summed E-state index contributed by atoms with van der Waals surface area (Å²) in [5, 5.41) is -0.0313. The minimum atomic E-state index is -3.66. The van der Waals surface area contributed by atoms with Gasteiger partial charge in [-0.3, -0.25) is 4.90 Å². The smallest absolute Gasteiger partial charge is 0.243 e. The molecule has 0 aliphatic rings. The van der Waals surface area contributed by atoms with Gasteiger partial charge in [0.05, 0.1) is 0 Å². The van der Waals surface area contributed by atoms with Gasteiger partial charge in [-0.1, -0.05) is 25.4 Å². The van der Waals surface area contributed by atoms with E-state index >= 15 is 0 Å². The standard InChI is InChI=1S/C12H19BrClN3O2S/c1-4-17(5-2)9(3)7-16-20(18,19)11-6-10(13)8-15-12(11)14/h6,8-9,16H,4-5,7H2,1-3H3. The summed E-state index contributed by atoms with van der Waals surface area (Å²) in [4.78, 5) is 5.98. The summed E-state index contributed by atoms with van der Waals surface area (Å²) in [5.74, 6) is 0. The third kappa shape index (κ3) is 4.66. The number of sulfonamides is 1. The highest BCUT2D eigenvalue weighted by Crippen LogP contribution is 2.22. The lowest BCUT2D eigenvalue weighted by Gasteiger charge is -2.26. The van der Waals surface area contributed by atoms with Crippen LogP contribution in [0.1, 0.15) is 20.8 Å². The molecule has 1 heterocycles. The number of halogens is 2. The fourth-order valence-corrected chi connectivity index (χ4v) is 3.94. The average molecular weight is 385 g/mol. The Balaban J connectivity index is 2.83. The highest BCUT2D eigenvalue weighted by Gasteiger charge is 2.21. The second-order valence-corrected chi connectivity index (χ2v) is 7.37. The number of nitrogens with one attached hydrogen (secondary N) is 1. The van der Waals surface area contributed by atoms with E-state index in [2.05, 4.69) is 30.5 Å². The molecule has 5 nitrogen and oxygen atoms in total. The van der Waals surface area contributed by atoms with Crippen molar-refractivity contribution in [2.45, 2.75) is 31.7 Å². The lowest BCUT2D eigenvalue weighted by Crippen LogP contribution is -2.42. The van der Waals surface area contributed by atoms with Crippen LogP contribution in [0.3, 0.4) is 0 Å². The summed E-state index contributed by atoms with van der Waals surface area (Å²) in [6.45, 7) is 8.15. The predicted octanol–water partition coefficient (Wildman–Crippen LogP) is 2.51. The maximum Gasteiger partial charge on any atom is 0.243 e. The monoisotopic (exact) mass is 383 g/mol. The molecule has 20 heavy (non-hydrogen) atoms. The zero-order chi connectivity index (χ0) is 15.3. The minimum Gasteiger partial charge on any atom is -0.300 e. The van der Waals surface area contributed by atoms with Gasteiger partial charge in [0.2, 0.25) is 10.0 Å². The van der Waals surface area contributed by atoms with Gasteiger partial charge in [0.1, 0.15) is 10.0 Å². The number of aromatic nitrogens is 1. The van der Waals surface area contributed by atoms with E-state index in [1.807, 2.05) is 20.8 Å². The number of hydrogen-bond acceptors (Lipinski definition) is 4. The van der Waals surface area contributed by atoms with Crippen molar-refractivity contribution in [1.29, 1.82) is 0 Å². The average Bonchev–Trinajstić information content (AvgIpc) is 2.40. The van der Waals surface area contributed by atoms with Gasteiger partial charge in [-0.25, -0.2) is 18.1 Å². The van der Waals surface area contributed by atoms with E-state index in [1.165, 1.54) is 12.3 Å². The van der Waals surface area contributed by atoms with Crippen LogP contribution >= 0.6 is 27.5 Å². The molecular formula is C12H19BrClN3O2S. The Morgan fingerprint density at radius 3 is 2.60 bits per heavy atom. The first-order valence-corrected chi connectivity index (χ1v) is 9.02. The Bertz CT molecular complexity index is 550. The third-order valence-electron chi connectivity index (χ3n) is 3.07. The van der Waals surface area contributed by atoms with E-state index in [1.54, 1.807) is 0 Å². The predicted molar refractivity (Wildman–Crippen MR) is 84.5 cm³/mol. The van der Waals surface area contributed by atoms with E-state index in [4.69, 9.17) is 11.6 Å². The second kappa shape index (κ2) is 7.70. The van der Waals surface area contributed by atoms with Crippen LogP contribution < -0.4 is 4.72 Å². The summed E-state index contributed by atoms with van der Waals surface area (Å²) in [5.41, 5.74) is 0. The van der Waals surface area contributed by atoms with Gasteiger partial charge >= 0.3 is 0 Å². The first-order valence-electron chi connectivity index (χ1n) is 6.36. The van der Waals surface area contributed by atoms with Crippen molar-refractivity contribution in [3.8, 4) is 0 Å². The zero-order valence-corrected chi connectivity index (χ0v) is 14.9. The lowest BCUT2D eigenvalue weighted by molar-refractivity contribution is 0.232. The van der Waals surface area contributed by atoms with Crippen LogP contribution in [0.4, 0.5) is 0 Å². The van der Waals surface area contributed by atoms with Crippen molar-refractivity contribution in [3.63, 3.8) is 0 Å². The molecule has 1 aromatic rings. The topological polar surface area (TPSA) is 62.3 Å². The van der Waals surface area contributed by atoms with Gasteiger partial charge in [0, 0.05) is 23.3 Å². The number of nitrogens with zero attached hydrogens (tertiary/aromatic N) is 2. The Labute approximate surface area is 133 Å². The van der Waals surface area contributed by atoms with E-state index in [-0.39, 0.29) is 16.1 Å². The second-order valence-electron chi connectivity index (χ2n) is 4.36. The van der Waals surface area contributed by atoms with Gasteiger partial charge in [-0.05, 0) is 42.0 Å². The fraction of sp³-hybridized carbons (Fsp3) is 0.583. The van der Waals surface area contributed by atoms with Crippen molar-refractivity contribution in [2.75, 3.05) is 19.6 Å². The highest BCUT2D eigenvalue weighted by molar-refractivity contribution is 9.10. The number of pyridine rings is 1. The van der Waals surface area contributed by atoms with E-state index in [9.17, 15) is 8.42 Å². The van der Waals surface area contributed by atoms with Crippen LogP contribution in [0, 0.1) is 0 Å². The van der Waals surface area contributed by atoms with Gasteiger partial charge < -0.3 is 0 Å². The van der Waals surface area contributed by atoms with Crippen LogP contribution in [0.25, 0.3) is 0 Å². The minimum absolute atomic E-state index is 0.0136. The molecule has 0 aliphatic heterocycles. The number of rotatable bonds is 7. The van der Waals surface area contributed by atoms with Gasteiger partial charge in [-0.2, -0.15) is 0 Å². The van der Waals surface area contributed by atoms with Crippen LogP contribution in [-0.4, -0.2) is 44.0 Å². The molecule has 0 spiro atoms. The highest BCUT2D eigenvalue weighted by atomic mass is 79.9. The third-order valence-corrected chi connectivity index (χ3v) is 5.35. The maximum atomic E-state index is 12.2. The molecule has 1 unspecified atom stereocenters. The summed E-state index contributed by atoms with van der Waals surface area (Å²) in [6.07, 6.45) is 1.46. The van der Waals surface area contributed by atoms with E-state index in [0.717, 1.165) is 13.1 Å². The molecular weight excluding hydrogens is 366 g/mol. The van der Waals surface area contributed by atoms with Crippen molar-refractivity contribution >= 4 is 37.6 Å². The molecule has 0 aliphatic carbocycles. The zero-order valence-electron chi connectivity index (χ0n) is 11.7. The molecule has 1 rings (SSSR count). The van der Waals surface area contributed by atoms with Crippen LogP contribution in [0.2, 0.25) is 5.15 Å². The van der Waals surface area contributed by atoms with Crippen molar-refractivity contribution in [3.05, 3.63) is 21.9 Å². The van der Waals surface area contributed by atoms with Crippen LogP contribution in [0.5, 0.6) is 0 Å². The molecule has 0 saturated carbocycles. The normalized spacial score (nSPS) is 13.7. The Hall–Kier alpha value is -0.210. The molecule has 0 bridgehead atoms. The molecule has 0 fully saturated rings. The van der Waals surface area contributed by atoms with Crippen molar-refractivity contribution in [1.82, 2.24) is 14.6 Å². The molecule has 1 N–H and O–H groups in total. The molecule has 0 radical (unpaired) electrons. The largest absolute Gasteiger partial charge is 0.300 e. The molecule has 1 atom stereocenters. The van der Waals surface area contributed by atoms with Gasteiger partial charge in [0.15, 0.2) is 0 Å². The molecule has 8 heteroatoms. The summed E-state index contributed by atoms with van der Waals surface area (Å²) < 4.78 is 27.6. The van der Waals surface area contributed by atoms with Crippen LogP contribution in [-0.2, 0) is 10.0 Å². The summed E-state index contributed by atoms with van der Waals surface area (Å²) >= 11 is 9.04. The summed E-state index contributed by atoms with van der Waals surface area (Å²) in [6, 6.07) is 1.55. The Morgan fingerprint density at radius 1 is 1.45 bits per heavy atom. The summed E-state index contributed by atoms with van der Waals surface area (Å²) in [7, 11) is -3.66. The molecule has 0 amide bonds. The quantitative estimate of drug-likeness (QED) is 0.734. The van der Waals surface area contributed by atoms with Gasteiger partial charge in [0.25, 0.3) is 0 Å². The Kier molecular flexibility index (Phi) is 6.87. The molecule has 0 aromatic carbocycles. The number of likely N-dealkylation sites (N-methyl/N-ethyl adjacent to an activating group) is 1. The molecule has 114 valence electrons. The Morgan fingerprint density at radius 2 is 2.05 bits per heavy atom. The first-order chi connectivity index (χ1) is 9.31. The van der Waals surface area contributed by atoms with Crippen molar-refractivity contribution in [2.24, 2.45) is 0 Å². The van der Waals surface area contributed by atoms with Crippen LogP contribution in [0.15, 0.2) is 21.6 Å². The SMILES string of the molecule is CCN(CC)C(C)CNS(=O)(=O)c1cc(Br)cnc1Cl. The van der Waals surface area contributed by atoms with E-state index in [0.29, 0.717) is 11.0 Å². The number of hydrogen-bond donors (Lipinski definition) is 1. The maximum absolute atomic E-state index is 12.2. The van der Waals surface area contributed by atoms with Crippen molar-refractivity contribution < 1.29 is 8.42 Å². The fourth-order valence-electron chi connectivity index (χ4n) is 1.88. The lowest BCUT2D eigenvalue weighted by atomic mass is 10.3.